The summed E-state index contributed by atoms with van der Waals surface area (Å²) in [5.41, 5.74) is 1.69. The van der Waals surface area contributed by atoms with Gasteiger partial charge in [0.25, 0.3) is 0 Å². The highest BCUT2D eigenvalue weighted by molar-refractivity contribution is 6.30. The second kappa shape index (κ2) is 5.06. The van der Waals surface area contributed by atoms with Crippen LogP contribution in [-0.2, 0) is 0 Å². The van der Waals surface area contributed by atoms with E-state index in [0.717, 1.165) is 22.8 Å². The molecule has 0 spiro atoms. The van der Waals surface area contributed by atoms with E-state index in [4.69, 9.17) is 21.1 Å². The van der Waals surface area contributed by atoms with Gasteiger partial charge in [0, 0.05) is 22.8 Å². The minimum atomic E-state index is 0.650. The first-order valence-electron chi connectivity index (χ1n) is 5.08. The largest absolute Gasteiger partial charge is 0.497 e. The Kier molecular flexibility index (Phi) is 3.49. The van der Waals surface area contributed by atoms with E-state index in [1.165, 1.54) is 0 Å². The van der Waals surface area contributed by atoms with Crippen molar-refractivity contribution in [2.24, 2.45) is 0 Å². The van der Waals surface area contributed by atoms with Gasteiger partial charge in [0.2, 0.25) is 0 Å². The maximum atomic E-state index is 5.94. The van der Waals surface area contributed by atoms with Crippen molar-refractivity contribution >= 4 is 11.6 Å². The van der Waals surface area contributed by atoms with Gasteiger partial charge >= 0.3 is 0 Å². The van der Waals surface area contributed by atoms with Crippen LogP contribution >= 0.6 is 11.6 Å². The third-order valence-corrected chi connectivity index (χ3v) is 2.60. The lowest BCUT2D eigenvalue weighted by molar-refractivity contribution is 0.394. The van der Waals surface area contributed by atoms with Crippen molar-refractivity contribution < 1.29 is 9.47 Å². The van der Waals surface area contributed by atoms with Crippen molar-refractivity contribution in [2.45, 2.75) is 0 Å². The lowest BCUT2D eigenvalue weighted by Gasteiger charge is -2.08. The van der Waals surface area contributed by atoms with Crippen LogP contribution in [0.15, 0.2) is 36.5 Å². The van der Waals surface area contributed by atoms with Gasteiger partial charge in [-0.3, -0.25) is 4.98 Å². The Labute approximate surface area is 105 Å². The Morgan fingerprint density at radius 1 is 1.00 bits per heavy atom. The van der Waals surface area contributed by atoms with Crippen LogP contribution in [0, 0.1) is 0 Å². The first-order chi connectivity index (χ1) is 8.22. The minimum absolute atomic E-state index is 0.650. The topological polar surface area (TPSA) is 31.4 Å². The Morgan fingerprint density at radius 3 is 2.18 bits per heavy atom. The zero-order chi connectivity index (χ0) is 12.3. The van der Waals surface area contributed by atoms with Gasteiger partial charge in [-0.1, -0.05) is 11.6 Å². The van der Waals surface area contributed by atoms with Crippen molar-refractivity contribution in [3.63, 3.8) is 0 Å². The molecule has 0 aliphatic carbocycles. The molecule has 4 heteroatoms. The molecule has 0 saturated carbocycles. The van der Waals surface area contributed by atoms with Gasteiger partial charge < -0.3 is 9.47 Å². The number of nitrogens with zero attached hydrogens (tertiary/aromatic N) is 1. The third kappa shape index (κ3) is 2.68. The molecule has 3 nitrogen and oxygen atoms in total. The standard InChI is InChI=1S/C13H12ClNO2/c1-16-11-5-9(6-12(8-11)17-2)13-7-10(14)3-4-15-13/h3-8H,1-2H3. The van der Waals surface area contributed by atoms with E-state index in [1.54, 1.807) is 32.5 Å². The maximum Gasteiger partial charge on any atom is 0.123 e. The van der Waals surface area contributed by atoms with Gasteiger partial charge in [-0.05, 0) is 24.3 Å². The first-order valence-corrected chi connectivity index (χ1v) is 5.45. The quantitative estimate of drug-likeness (QED) is 0.835. The molecular weight excluding hydrogens is 238 g/mol. The molecule has 0 aliphatic heterocycles. The van der Waals surface area contributed by atoms with Gasteiger partial charge in [0.1, 0.15) is 11.5 Å². The zero-order valence-electron chi connectivity index (χ0n) is 9.61. The molecule has 0 saturated heterocycles. The highest BCUT2D eigenvalue weighted by atomic mass is 35.5. The number of methoxy groups -OCH3 is 2. The Balaban J connectivity index is 2.50. The van der Waals surface area contributed by atoms with Crippen molar-refractivity contribution in [1.29, 1.82) is 0 Å². The number of benzene rings is 1. The van der Waals surface area contributed by atoms with Crippen molar-refractivity contribution in [3.05, 3.63) is 41.6 Å². The fraction of sp³-hybridized carbons (Fsp3) is 0.154. The van der Waals surface area contributed by atoms with Crippen LogP contribution < -0.4 is 9.47 Å². The summed E-state index contributed by atoms with van der Waals surface area (Å²) in [4.78, 5) is 4.27. The van der Waals surface area contributed by atoms with Gasteiger partial charge in [-0.25, -0.2) is 0 Å². The molecule has 2 aromatic rings. The highest BCUT2D eigenvalue weighted by Crippen LogP contribution is 2.29. The zero-order valence-corrected chi connectivity index (χ0v) is 10.4. The molecule has 17 heavy (non-hydrogen) atoms. The molecule has 88 valence electrons. The number of halogens is 1. The number of rotatable bonds is 3. The number of hydrogen-bond donors (Lipinski definition) is 0. The van der Waals surface area contributed by atoms with E-state index in [0.29, 0.717) is 5.02 Å². The molecule has 0 aliphatic rings. The molecule has 1 heterocycles. The van der Waals surface area contributed by atoms with Crippen LogP contribution in [-0.4, -0.2) is 19.2 Å². The molecule has 0 fully saturated rings. The normalized spacial score (nSPS) is 10.1. The molecule has 0 atom stereocenters. The van der Waals surface area contributed by atoms with Gasteiger partial charge in [-0.15, -0.1) is 0 Å². The summed E-state index contributed by atoms with van der Waals surface area (Å²) in [6.45, 7) is 0. The number of aromatic nitrogens is 1. The van der Waals surface area contributed by atoms with Gasteiger partial charge in [0.15, 0.2) is 0 Å². The number of ether oxygens (including phenoxy) is 2. The molecular formula is C13H12ClNO2. The summed E-state index contributed by atoms with van der Waals surface area (Å²) in [6, 6.07) is 9.13. The minimum Gasteiger partial charge on any atom is -0.497 e. The average Bonchev–Trinajstić information content (AvgIpc) is 2.38. The van der Waals surface area contributed by atoms with Gasteiger partial charge in [-0.2, -0.15) is 0 Å². The second-order valence-corrected chi connectivity index (χ2v) is 3.90. The van der Waals surface area contributed by atoms with Crippen LogP contribution in [0.3, 0.4) is 0 Å². The lowest BCUT2D eigenvalue weighted by atomic mass is 10.1. The fourth-order valence-corrected chi connectivity index (χ4v) is 1.68. The van der Waals surface area contributed by atoms with Crippen LogP contribution in [0.4, 0.5) is 0 Å². The molecule has 1 aromatic heterocycles. The summed E-state index contributed by atoms with van der Waals surface area (Å²) in [7, 11) is 3.23. The molecule has 0 radical (unpaired) electrons. The van der Waals surface area contributed by atoms with Crippen molar-refractivity contribution in [1.82, 2.24) is 4.98 Å². The van der Waals surface area contributed by atoms with Crippen molar-refractivity contribution in [3.8, 4) is 22.8 Å². The van der Waals surface area contributed by atoms with Crippen LogP contribution in [0.25, 0.3) is 11.3 Å². The fourth-order valence-electron chi connectivity index (χ4n) is 1.52. The molecule has 1 aromatic carbocycles. The second-order valence-electron chi connectivity index (χ2n) is 3.46. The van der Waals surface area contributed by atoms with Gasteiger partial charge in [0.05, 0.1) is 19.9 Å². The average molecular weight is 250 g/mol. The predicted octanol–water partition coefficient (Wildman–Crippen LogP) is 3.42. The molecule has 0 N–H and O–H groups in total. The molecule has 0 bridgehead atoms. The number of hydrogen-bond acceptors (Lipinski definition) is 3. The van der Waals surface area contributed by atoms with Crippen molar-refractivity contribution in [2.75, 3.05) is 14.2 Å². The van der Waals surface area contributed by atoms with E-state index in [1.807, 2.05) is 18.2 Å². The van der Waals surface area contributed by atoms with E-state index >= 15 is 0 Å². The summed E-state index contributed by atoms with van der Waals surface area (Å²) < 4.78 is 10.4. The van der Waals surface area contributed by atoms with E-state index in [9.17, 15) is 0 Å². The summed E-state index contributed by atoms with van der Waals surface area (Å²) in [5.74, 6) is 1.45. The van der Waals surface area contributed by atoms with Crippen LogP contribution in [0.5, 0.6) is 11.5 Å². The first kappa shape index (κ1) is 11.7. The van der Waals surface area contributed by atoms with E-state index in [-0.39, 0.29) is 0 Å². The van der Waals surface area contributed by atoms with E-state index < -0.39 is 0 Å². The summed E-state index contributed by atoms with van der Waals surface area (Å²) in [5, 5.41) is 0.650. The van der Waals surface area contributed by atoms with E-state index in [2.05, 4.69) is 4.98 Å². The lowest BCUT2D eigenvalue weighted by Crippen LogP contribution is -1.90. The highest BCUT2D eigenvalue weighted by Gasteiger charge is 2.05. The summed E-state index contributed by atoms with van der Waals surface area (Å²) >= 11 is 5.94. The van der Waals surface area contributed by atoms with Crippen LogP contribution in [0.2, 0.25) is 5.02 Å². The Bertz CT molecular complexity index is 506. The monoisotopic (exact) mass is 249 g/mol. The molecule has 0 unspecified atom stereocenters. The summed E-state index contributed by atoms with van der Waals surface area (Å²) in [6.07, 6.45) is 1.67. The number of pyridine rings is 1. The third-order valence-electron chi connectivity index (χ3n) is 2.37. The molecule has 2 rings (SSSR count). The Hall–Kier alpha value is -1.74. The molecule has 0 amide bonds. The predicted molar refractivity (Wildman–Crippen MR) is 67.8 cm³/mol. The smallest absolute Gasteiger partial charge is 0.123 e. The SMILES string of the molecule is COc1cc(OC)cc(-c2cc(Cl)ccn2)c1. The Morgan fingerprint density at radius 2 is 1.65 bits per heavy atom. The maximum absolute atomic E-state index is 5.94. The van der Waals surface area contributed by atoms with Crippen LogP contribution in [0.1, 0.15) is 0 Å².